The van der Waals surface area contributed by atoms with Crippen LogP contribution in [0.4, 0.5) is 11.8 Å². The second-order valence-electron chi connectivity index (χ2n) is 6.41. The van der Waals surface area contributed by atoms with E-state index in [4.69, 9.17) is 16.3 Å². The van der Waals surface area contributed by atoms with Gasteiger partial charge in [-0.2, -0.15) is 4.98 Å². The van der Waals surface area contributed by atoms with Crippen LogP contribution < -0.4 is 10.1 Å². The van der Waals surface area contributed by atoms with E-state index in [1.807, 2.05) is 66.0 Å². The molecule has 30 heavy (non-hydrogen) atoms. The highest BCUT2D eigenvalue weighted by molar-refractivity contribution is 7.15. The maximum atomic E-state index is 5.99. The van der Waals surface area contributed by atoms with Gasteiger partial charge in [-0.15, -0.1) is 26.6 Å². The molecule has 0 bridgehead atoms. The molecule has 0 fully saturated rings. The van der Waals surface area contributed by atoms with Gasteiger partial charge in [0, 0.05) is 21.5 Å². The number of nitrogens with zero attached hydrogens (tertiary/aromatic N) is 5. The van der Waals surface area contributed by atoms with E-state index in [9.17, 15) is 0 Å². The number of anilines is 2. The predicted octanol–water partition coefficient (Wildman–Crippen LogP) is 5.32. The molecule has 0 spiro atoms. The summed E-state index contributed by atoms with van der Waals surface area (Å²) < 4.78 is 6.98. The van der Waals surface area contributed by atoms with Gasteiger partial charge in [-0.3, -0.25) is 0 Å². The highest BCUT2D eigenvalue weighted by Gasteiger charge is 2.12. The molecule has 0 aliphatic heterocycles. The van der Waals surface area contributed by atoms with Crippen LogP contribution in [0.2, 0.25) is 5.02 Å². The molecular weight excluding hydrogens is 420 g/mol. The van der Waals surface area contributed by atoms with Crippen molar-refractivity contribution in [3.8, 4) is 28.3 Å². The first kappa shape index (κ1) is 18.5. The summed E-state index contributed by atoms with van der Waals surface area (Å²) in [6.07, 6.45) is 0. The van der Waals surface area contributed by atoms with Gasteiger partial charge < -0.3 is 10.1 Å². The van der Waals surface area contributed by atoms with E-state index in [-0.39, 0.29) is 0 Å². The lowest BCUT2D eigenvalue weighted by Crippen LogP contribution is -1.98. The lowest BCUT2D eigenvalue weighted by molar-refractivity contribution is 0.415. The summed E-state index contributed by atoms with van der Waals surface area (Å²) >= 11 is 7.51. The molecule has 0 saturated carbocycles. The van der Waals surface area contributed by atoms with Crippen molar-refractivity contribution < 1.29 is 4.74 Å². The molecule has 0 aliphatic carbocycles. The summed E-state index contributed by atoms with van der Waals surface area (Å²) in [5, 5.41) is 18.9. The van der Waals surface area contributed by atoms with Gasteiger partial charge >= 0.3 is 0 Å². The smallest absolute Gasteiger partial charge is 0.249 e. The number of ether oxygens (including phenoxy) is 1. The first-order valence-corrected chi connectivity index (χ1v) is 10.3. The SMILES string of the molecule is COc1ccc(-c2ccc(Nc3nc4scc(-c5ccc(Cl)cc5)n4n3)nn2)cc1. The zero-order valence-electron chi connectivity index (χ0n) is 15.8. The number of nitrogens with one attached hydrogen (secondary N) is 1. The van der Waals surface area contributed by atoms with Crippen LogP contribution in [-0.4, -0.2) is 31.9 Å². The fraction of sp³-hybridized carbons (Fsp3) is 0.0476. The average Bonchev–Trinajstić information content (AvgIpc) is 3.35. The van der Waals surface area contributed by atoms with Crippen molar-refractivity contribution in [2.24, 2.45) is 0 Å². The number of benzene rings is 2. The Hall–Kier alpha value is -3.49. The van der Waals surface area contributed by atoms with E-state index in [1.165, 1.54) is 11.3 Å². The summed E-state index contributed by atoms with van der Waals surface area (Å²) in [5.74, 6) is 1.83. The zero-order chi connectivity index (χ0) is 20.5. The number of methoxy groups -OCH3 is 1. The minimum atomic E-state index is 0.462. The Balaban J connectivity index is 1.37. The third-order valence-corrected chi connectivity index (χ3v) is 5.58. The number of hydrogen-bond acceptors (Lipinski definition) is 7. The molecule has 5 rings (SSSR count). The van der Waals surface area contributed by atoms with Crippen molar-refractivity contribution in [3.05, 3.63) is 71.1 Å². The van der Waals surface area contributed by atoms with Crippen molar-refractivity contribution in [1.82, 2.24) is 24.8 Å². The fourth-order valence-corrected chi connectivity index (χ4v) is 3.94. The molecule has 3 aromatic heterocycles. The van der Waals surface area contributed by atoms with Crippen LogP contribution in [0.1, 0.15) is 0 Å². The number of thiazole rings is 1. The summed E-state index contributed by atoms with van der Waals surface area (Å²) in [7, 11) is 1.64. The lowest BCUT2D eigenvalue weighted by atomic mass is 10.1. The first-order valence-electron chi connectivity index (χ1n) is 9.05. The maximum Gasteiger partial charge on any atom is 0.249 e. The second-order valence-corrected chi connectivity index (χ2v) is 7.69. The molecule has 2 aromatic carbocycles. The van der Waals surface area contributed by atoms with Gasteiger partial charge in [-0.1, -0.05) is 23.7 Å². The second kappa shape index (κ2) is 7.74. The van der Waals surface area contributed by atoms with Crippen LogP contribution in [0.15, 0.2) is 66.0 Å². The van der Waals surface area contributed by atoms with Crippen LogP contribution in [0.5, 0.6) is 5.75 Å². The monoisotopic (exact) mass is 434 g/mol. The van der Waals surface area contributed by atoms with Crippen molar-refractivity contribution in [3.63, 3.8) is 0 Å². The summed E-state index contributed by atoms with van der Waals surface area (Å²) in [4.78, 5) is 5.31. The molecule has 0 saturated heterocycles. The quantitative estimate of drug-likeness (QED) is 0.403. The summed E-state index contributed by atoms with van der Waals surface area (Å²) in [5.41, 5.74) is 3.70. The van der Waals surface area contributed by atoms with E-state index in [0.29, 0.717) is 16.8 Å². The topological polar surface area (TPSA) is 77.2 Å². The molecule has 0 amide bonds. The molecule has 7 nitrogen and oxygen atoms in total. The Kier molecular flexibility index (Phi) is 4.78. The van der Waals surface area contributed by atoms with E-state index in [2.05, 4.69) is 25.6 Å². The molecule has 0 atom stereocenters. The lowest BCUT2D eigenvalue weighted by Gasteiger charge is -2.04. The third kappa shape index (κ3) is 3.58. The van der Waals surface area contributed by atoms with Gasteiger partial charge in [0.2, 0.25) is 10.9 Å². The number of fused-ring (bicyclic) bond motifs is 1. The molecule has 1 N–H and O–H groups in total. The number of halogens is 1. The fourth-order valence-electron chi connectivity index (χ4n) is 2.98. The molecule has 3 heterocycles. The van der Waals surface area contributed by atoms with Gasteiger partial charge in [0.05, 0.1) is 18.5 Å². The normalized spacial score (nSPS) is 11.0. The van der Waals surface area contributed by atoms with Gasteiger partial charge in [-0.25, -0.2) is 4.52 Å². The number of hydrogen-bond donors (Lipinski definition) is 1. The predicted molar refractivity (Wildman–Crippen MR) is 119 cm³/mol. The van der Waals surface area contributed by atoms with Crippen LogP contribution in [0.3, 0.4) is 0 Å². The van der Waals surface area contributed by atoms with E-state index < -0.39 is 0 Å². The summed E-state index contributed by atoms with van der Waals surface area (Å²) in [6.45, 7) is 0. The Bertz CT molecular complexity index is 1300. The van der Waals surface area contributed by atoms with Crippen molar-refractivity contribution in [2.45, 2.75) is 0 Å². The van der Waals surface area contributed by atoms with E-state index in [0.717, 1.165) is 33.2 Å². The van der Waals surface area contributed by atoms with E-state index >= 15 is 0 Å². The molecule has 0 radical (unpaired) electrons. The first-order chi connectivity index (χ1) is 14.7. The van der Waals surface area contributed by atoms with Crippen molar-refractivity contribution >= 4 is 39.7 Å². The van der Waals surface area contributed by atoms with Gasteiger partial charge in [-0.05, 0) is 48.5 Å². The molecule has 5 aromatic rings. The largest absolute Gasteiger partial charge is 0.497 e. The van der Waals surface area contributed by atoms with Crippen LogP contribution >= 0.6 is 22.9 Å². The zero-order valence-corrected chi connectivity index (χ0v) is 17.4. The van der Waals surface area contributed by atoms with Gasteiger partial charge in [0.1, 0.15) is 5.75 Å². The highest BCUT2D eigenvalue weighted by atomic mass is 35.5. The van der Waals surface area contributed by atoms with Crippen LogP contribution in [0.25, 0.3) is 27.5 Å². The Morgan fingerprint density at radius 2 is 1.70 bits per heavy atom. The Labute approximate surface area is 181 Å². The third-order valence-electron chi connectivity index (χ3n) is 4.51. The van der Waals surface area contributed by atoms with Crippen molar-refractivity contribution in [2.75, 3.05) is 12.4 Å². The summed E-state index contributed by atoms with van der Waals surface area (Å²) in [6, 6.07) is 19.1. The Morgan fingerprint density at radius 3 is 2.40 bits per heavy atom. The average molecular weight is 435 g/mol. The number of aromatic nitrogens is 5. The molecular formula is C21H15ClN6OS. The highest BCUT2D eigenvalue weighted by Crippen LogP contribution is 2.27. The van der Waals surface area contributed by atoms with Gasteiger partial charge in [0.15, 0.2) is 5.82 Å². The van der Waals surface area contributed by atoms with Crippen LogP contribution in [0, 0.1) is 0 Å². The maximum absolute atomic E-state index is 5.99. The van der Waals surface area contributed by atoms with Crippen LogP contribution in [-0.2, 0) is 0 Å². The Morgan fingerprint density at radius 1 is 0.933 bits per heavy atom. The van der Waals surface area contributed by atoms with Crippen molar-refractivity contribution in [1.29, 1.82) is 0 Å². The van der Waals surface area contributed by atoms with E-state index in [1.54, 1.807) is 11.6 Å². The molecule has 0 unspecified atom stereocenters. The molecule has 0 aliphatic rings. The molecule has 148 valence electrons. The standard InChI is InChI=1S/C21H15ClN6OS/c1-29-16-8-4-13(5-9-16)17-10-11-19(26-25-17)23-20-24-21-28(27-20)18(12-30-21)14-2-6-15(22)7-3-14/h2-12H,1H3,(H,23,26,27). The minimum Gasteiger partial charge on any atom is -0.497 e. The van der Waals surface area contributed by atoms with Gasteiger partial charge in [0.25, 0.3) is 0 Å². The minimum absolute atomic E-state index is 0.462. The number of rotatable bonds is 5. The molecule has 9 heteroatoms.